The SMILES string of the molecule is CCOC(=O)N1CCN(CCNc2ncnc3c2sc2nc(N4CCSCC4)c4c(c23)CC(C)(C)CC4)CC1. The van der Waals surface area contributed by atoms with E-state index in [1.54, 1.807) is 22.6 Å². The van der Waals surface area contributed by atoms with Crippen molar-refractivity contribution < 1.29 is 9.53 Å². The van der Waals surface area contributed by atoms with E-state index < -0.39 is 0 Å². The van der Waals surface area contributed by atoms with Crippen LogP contribution in [0.2, 0.25) is 0 Å². The molecular formula is C28H39N7O2S2. The van der Waals surface area contributed by atoms with Gasteiger partial charge in [0.25, 0.3) is 0 Å². The monoisotopic (exact) mass is 569 g/mol. The summed E-state index contributed by atoms with van der Waals surface area (Å²) < 4.78 is 6.24. The van der Waals surface area contributed by atoms with E-state index in [-0.39, 0.29) is 11.5 Å². The summed E-state index contributed by atoms with van der Waals surface area (Å²) in [5.41, 5.74) is 4.22. The highest BCUT2D eigenvalue weighted by Crippen LogP contribution is 2.46. The molecule has 1 amide bonds. The van der Waals surface area contributed by atoms with Gasteiger partial charge in [0.1, 0.15) is 22.8 Å². The van der Waals surface area contributed by atoms with Gasteiger partial charge in [-0.1, -0.05) is 13.8 Å². The minimum Gasteiger partial charge on any atom is -0.450 e. The van der Waals surface area contributed by atoms with E-state index in [2.05, 4.69) is 33.9 Å². The number of anilines is 2. The van der Waals surface area contributed by atoms with Gasteiger partial charge in [0.15, 0.2) is 0 Å². The number of hydrogen-bond acceptors (Lipinski definition) is 10. The number of carbonyl (C=O) groups excluding carboxylic acids is 1. The molecule has 0 bridgehead atoms. The predicted molar refractivity (Wildman–Crippen MR) is 162 cm³/mol. The van der Waals surface area contributed by atoms with Gasteiger partial charge in [-0.05, 0) is 42.7 Å². The molecule has 0 saturated carbocycles. The van der Waals surface area contributed by atoms with Crippen LogP contribution in [0.5, 0.6) is 0 Å². The number of nitrogens with zero attached hydrogens (tertiary/aromatic N) is 6. The molecule has 2 saturated heterocycles. The van der Waals surface area contributed by atoms with Gasteiger partial charge in [0.2, 0.25) is 0 Å². The highest BCUT2D eigenvalue weighted by molar-refractivity contribution is 7.99. The molecule has 5 heterocycles. The summed E-state index contributed by atoms with van der Waals surface area (Å²) in [7, 11) is 0. The third kappa shape index (κ3) is 5.50. The fourth-order valence-electron chi connectivity index (χ4n) is 6.05. The minimum absolute atomic E-state index is 0.204. The molecule has 11 heteroatoms. The molecule has 6 rings (SSSR count). The first kappa shape index (κ1) is 26.8. The first-order valence-corrected chi connectivity index (χ1v) is 16.2. The largest absolute Gasteiger partial charge is 0.450 e. The zero-order chi connectivity index (χ0) is 27.0. The zero-order valence-electron chi connectivity index (χ0n) is 23.3. The van der Waals surface area contributed by atoms with Crippen molar-refractivity contribution in [2.45, 2.75) is 40.0 Å². The van der Waals surface area contributed by atoms with Crippen LogP contribution in [0.4, 0.5) is 16.4 Å². The number of thiophene rings is 1. The minimum atomic E-state index is -0.204. The van der Waals surface area contributed by atoms with E-state index in [1.807, 2.05) is 18.7 Å². The Balaban J connectivity index is 1.24. The molecule has 3 aromatic rings. The summed E-state index contributed by atoms with van der Waals surface area (Å²) in [6.07, 6.45) is 4.84. The van der Waals surface area contributed by atoms with Gasteiger partial charge in [-0.15, -0.1) is 11.3 Å². The maximum atomic E-state index is 12.0. The second kappa shape index (κ2) is 11.2. The van der Waals surface area contributed by atoms with Crippen LogP contribution in [0.1, 0.15) is 38.3 Å². The van der Waals surface area contributed by atoms with Gasteiger partial charge in [-0.25, -0.2) is 19.7 Å². The summed E-state index contributed by atoms with van der Waals surface area (Å²) in [5.74, 6) is 4.45. The molecule has 2 fully saturated rings. The predicted octanol–water partition coefficient (Wildman–Crippen LogP) is 4.49. The molecule has 1 aliphatic carbocycles. The number of fused-ring (bicyclic) bond motifs is 5. The average Bonchev–Trinajstić information content (AvgIpc) is 3.33. The topological polar surface area (TPSA) is 86.7 Å². The molecule has 0 atom stereocenters. The molecule has 210 valence electrons. The quantitative estimate of drug-likeness (QED) is 0.461. The zero-order valence-corrected chi connectivity index (χ0v) is 24.9. The van der Waals surface area contributed by atoms with Gasteiger partial charge < -0.3 is 19.9 Å². The second-order valence-electron chi connectivity index (χ2n) is 11.5. The van der Waals surface area contributed by atoms with Crippen LogP contribution in [0, 0.1) is 5.41 Å². The third-order valence-electron chi connectivity index (χ3n) is 8.23. The smallest absolute Gasteiger partial charge is 0.409 e. The third-order valence-corrected chi connectivity index (χ3v) is 10.3. The van der Waals surface area contributed by atoms with Gasteiger partial charge in [-0.2, -0.15) is 11.8 Å². The Morgan fingerprint density at radius 2 is 1.90 bits per heavy atom. The lowest BCUT2D eigenvalue weighted by Gasteiger charge is -2.36. The molecule has 0 spiro atoms. The standard InChI is InChI=1S/C28H39N7O2S2/c1-4-37-27(36)35-11-9-33(10-12-35)8-7-29-24-23-22(30-18-31-24)21-20-17-28(2,3)6-5-19(20)25(32-26(21)39-23)34-13-15-38-16-14-34/h18H,4-17H2,1-3H3,(H,29,30,31). The molecule has 1 N–H and O–H groups in total. The van der Waals surface area contributed by atoms with Crippen LogP contribution in [-0.2, 0) is 17.6 Å². The molecule has 3 aromatic heterocycles. The fraction of sp³-hybridized carbons (Fsp3) is 0.643. The molecule has 0 radical (unpaired) electrons. The summed E-state index contributed by atoms with van der Waals surface area (Å²) in [5, 5.41) is 4.84. The first-order chi connectivity index (χ1) is 18.9. The van der Waals surface area contributed by atoms with Crippen molar-refractivity contribution in [2.75, 3.05) is 80.7 Å². The average molecular weight is 570 g/mol. The normalized spacial score (nSPS) is 19.9. The van der Waals surface area contributed by atoms with Crippen molar-refractivity contribution in [3.05, 3.63) is 17.5 Å². The molecule has 9 nitrogen and oxygen atoms in total. The maximum Gasteiger partial charge on any atom is 0.409 e. The molecule has 3 aliphatic rings. The number of amides is 1. The molecule has 0 unspecified atom stereocenters. The van der Waals surface area contributed by atoms with Crippen molar-refractivity contribution in [2.24, 2.45) is 5.41 Å². The number of aromatic nitrogens is 3. The number of rotatable bonds is 6. The van der Waals surface area contributed by atoms with Crippen LogP contribution in [0.15, 0.2) is 6.33 Å². The van der Waals surface area contributed by atoms with Crippen LogP contribution >= 0.6 is 23.1 Å². The van der Waals surface area contributed by atoms with Crippen molar-refractivity contribution in [1.82, 2.24) is 24.8 Å². The Hall–Kier alpha value is -2.37. The lowest BCUT2D eigenvalue weighted by atomic mass is 9.73. The van der Waals surface area contributed by atoms with Gasteiger partial charge in [0, 0.05) is 69.2 Å². The van der Waals surface area contributed by atoms with Crippen molar-refractivity contribution >= 4 is 61.3 Å². The number of thioether (sulfide) groups is 1. The highest BCUT2D eigenvalue weighted by atomic mass is 32.2. The molecular weight excluding hydrogens is 530 g/mol. The number of carbonyl (C=O) groups is 1. The molecule has 2 aliphatic heterocycles. The Kier molecular flexibility index (Phi) is 7.74. The summed E-state index contributed by atoms with van der Waals surface area (Å²) in [6.45, 7) is 14.0. The van der Waals surface area contributed by atoms with E-state index in [9.17, 15) is 4.79 Å². The van der Waals surface area contributed by atoms with Gasteiger partial charge >= 0.3 is 6.09 Å². The Bertz CT molecular complexity index is 1350. The van der Waals surface area contributed by atoms with Crippen molar-refractivity contribution in [3.63, 3.8) is 0 Å². The van der Waals surface area contributed by atoms with Crippen molar-refractivity contribution in [3.8, 4) is 0 Å². The Labute approximate surface area is 238 Å². The number of ether oxygens (including phenoxy) is 1. The van der Waals surface area contributed by atoms with E-state index in [1.165, 1.54) is 40.3 Å². The van der Waals surface area contributed by atoms with Crippen LogP contribution in [0.25, 0.3) is 20.4 Å². The lowest BCUT2D eigenvalue weighted by molar-refractivity contribution is 0.0807. The highest BCUT2D eigenvalue weighted by Gasteiger charge is 2.32. The number of piperazine rings is 1. The second-order valence-corrected chi connectivity index (χ2v) is 13.7. The van der Waals surface area contributed by atoms with Crippen LogP contribution < -0.4 is 10.2 Å². The lowest BCUT2D eigenvalue weighted by Crippen LogP contribution is -2.49. The van der Waals surface area contributed by atoms with Gasteiger partial charge in [-0.3, -0.25) is 4.90 Å². The van der Waals surface area contributed by atoms with Crippen molar-refractivity contribution in [1.29, 1.82) is 0 Å². The Morgan fingerprint density at radius 3 is 2.67 bits per heavy atom. The Morgan fingerprint density at radius 1 is 1.10 bits per heavy atom. The van der Waals surface area contributed by atoms with E-state index in [4.69, 9.17) is 14.7 Å². The van der Waals surface area contributed by atoms with E-state index in [0.29, 0.717) is 19.7 Å². The van der Waals surface area contributed by atoms with E-state index in [0.717, 1.165) is 73.0 Å². The number of pyridine rings is 1. The summed E-state index contributed by atoms with van der Waals surface area (Å²) in [6, 6.07) is 0. The number of hydrogen-bond donors (Lipinski definition) is 1. The summed E-state index contributed by atoms with van der Waals surface area (Å²) >= 11 is 3.77. The number of nitrogens with one attached hydrogen (secondary N) is 1. The summed E-state index contributed by atoms with van der Waals surface area (Å²) in [4.78, 5) is 34.6. The van der Waals surface area contributed by atoms with Crippen LogP contribution in [0.3, 0.4) is 0 Å². The molecule has 39 heavy (non-hydrogen) atoms. The van der Waals surface area contributed by atoms with Crippen LogP contribution in [-0.4, -0.2) is 101 Å². The first-order valence-electron chi connectivity index (χ1n) is 14.2. The van der Waals surface area contributed by atoms with Gasteiger partial charge in [0.05, 0.1) is 16.8 Å². The fourth-order valence-corrected chi connectivity index (χ4v) is 8.07. The maximum absolute atomic E-state index is 12.0. The van der Waals surface area contributed by atoms with E-state index >= 15 is 0 Å². The molecule has 0 aromatic carbocycles.